The molecule has 0 aliphatic carbocycles. The molecule has 0 aromatic heterocycles. The van der Waals surface area contributed by atoms with E-state index in [4.69, 9.17) is 0 Å². The maximum absolute atomic E-state index is 12.8. The fraction of sp³-hybridized carbons (Fsp3) is 0.316. The molecule has 0 bridgehead atoms. The SMILES string of the molecule is Cc1cccc(N2CCN(C(=O)Nc3cccc(C(F)(F)F)c3)CC2)c1. The Morgan fingerprint density at radius 2 is 1.69 bits per heavy atom. The van der Waals surface area contributed by atoms with Crippen molar-refractivity contribution in [1.29, 1.82) is 0 Å². The Morgan fingerprint density at radius 1 is 1.00 bits per heavy atom. The fourth-order valence-electron chi connectivity index (χ4n) is 2.97. The molecule has 0 atom stereocenters. The van der Waals surface area contributed by atoms with Gasteiger partial charge < -0.3 is 15.1 Å². The predicted molar refractivity (Wildman–Crippen MR) is 95.4 cm³/mol. The normalized spacial score (nSPS) is 15.1. The van der Waals surface area contributed by atoms with Crippen molar-refractivity contribution in [2.24, 2.45) is 0 Å². The summed E-state index contributed by atoms with van der Waals surface area (Å²) in [5.41, 5.74) is 1.65. The fourth-order valence-corrected chi connectivity index (χ4v) is 2.97. The van der Waals surface area contributed by atoms with E-state index in [9.17, 15) is 18.0 Å². The van der Waals surface area contributed by atoms with Crippen molar-refractivity contribution in [3.05, 3.63) is 59.7 Å². The van der Waals surface area contributed by atoms with E-state index in [1.807, 2.05) is 25.1 Å². The zero-order chi connectivity index (χ0) is 18.7. The molecule has 0 radical (unpaired) electrons. The molecule has 1 fully saturated rings. The molecule has 1 N–H and O–H groups in total. The van der Waals surface area contributed by atoms with Crippen LogP contribution in [-0.2, 0) is 6.18 Å². The molecule has 1 saturated heterocycles. The van der Waals surface area contributed by atoms with E-state index >= 15 is 0 Å². The first kappa shape index (κ1) is 18.1. The number of nitrogens with one attached hydrogen (secondary N) is 1. The van der Waals surface area contributed by atoms with Gasteiger partial charge in [0.25, 0.3) is 0 Å². The monoisotopic (exact) mass is 363 g/mol. The summed E-state index contributed by atoms with van der Waals surface area (Å²) in [4.78, 5) is 16.2. The summed E-state index contributed by atoms with van der Waals surface area (Å²) in [5.74, 6) is 0. The summed E-state index contributed by atoms with van der Waals surface area (Å²) in [6, 6.07) is 12.4. The van der Waals surface area contributed by atoms with Gasteiger partial charge in [0.1, 0.15) is 0 Å². The van der Waals surface area contributed by atoms with Crippen LogP contribution < -0.4 is 10.2 Å². The Bertz CT molecular complexity index is 784. The zero-order valence-corrected chi connectivity index (χ0v) is 14.4. The molecule has 2 amide bonds. The number of halogens is 3. The van der Waals surface area contributed by atoms with Gasteiger partial charge in [-0.1, -0.05) is 18.2 Å². The summed E-state index contributed by atoms with van der Waals surface area (Å²) in [6.07, 6.45) is -4.43. The van der Waals surface area contributed by atoms with Crippen LogP contribution in [0.3, 0.4) is 0 Å². The summed E-state index contributed by atoms with van der Waals surface area (Å²) < 4.78 is 38.3. The van der Waals surface area contributed by atoms with Gasteiger partial charge in [-0.2, -0.15) is 13.2 Å². The first-order valence-corrected chi connectivity index (χ1v) is 8.38. The number of rotatable bonds is 2. The van der Waals surface area contributed by atoms with Gasteiger partial charge in [0.2, 0.25) is 0 Å². The van der Waals surface area contributed by atoms with Crippen molar-refractivity contribution in [1.82, 2.24) is 4.90 Å². The average Bonchev–Trinajstić information content (AvgIpc) is 2.61. The minimum atomic E-state index is -4.43. The van der Waals surface area contributed by atoms with Crippen LogP contribution in [0.15, 0.2) is 48.5 Å². The zero-order valence-electron chi connectivity index (χ0n) is 14.4. The first-order chi connectivity index (χ1) is 12.3. The van der Waals surface area contributed by atoms with Gasteiger partial charge in [-0.15, -0.1) is 0 Å². The quantitative estimate of drug-likeness (QED) is 0.860. The Labute approximate surface area is 150 Å². The number of hydrogen-bond acceptors (Lipinski definition) is 2. The Kier molecular flexibility index (Phi) is 5.06. The summed E-state index contributed by atoms with van der Waals surface area (Å²) >= 11 is 0. The summed E-state index contributed by atoms with van der Waals surface area (Å²) in [6.45, 7) is 4.42. The van der Waals surface area contributed by atoms with E-state index in [2.05, 4.69) is 16.3 Å². The molecule has 3 rings (SSSR count). The lowest BCUT2D eigenvalue weighted by Crippen LogP contribution is -2.50. The largest absolute Gasteiger partial charge is 0.416 e. The van der Waals surface area contributed by atoms with Crippen molar-refractivity contribution in [3.8, 4) is 0 Å². The van der Waals surface area contributed by atoms with Crippen LogP contribution in [0.1, 0.15) is 11.1 Å². The lowest BCUT2D eigenvalue weighted by Gasteiger charge is -2.36. The number of alkyl halides is 3. The number of urea groups is 1. The third-order valence-electron chi connectivity index (χ3n) is 4.37. The minimum absolute atomic E-state index is 0.144. The molecule has 1 heterocycles. The Balaban J connectivity index is 1.59. The highest BCUT2D eigenvalue weighted by atomic mass is 19.4. The molecule has 7 heteroatoms. The van der Waals surface area contributed by atoms with Crippen LogP contribution in [0, 0.1) is 6.92 Å². The van der Waals surface area contributed by atoms with Crippen molar-refractivity contribution in [2.75, 3.05) is 36.4 Å². The third kappa shape index (κ3) is 4.28. The third-order valence-corrected chi connectivity index (χ3v) is 4.37. The molecule has 4 nitrogen and oxygen atoms in total. The number of anilines is 2. The van der Waals surface area contributed by atoms with Crippen LogP contribution in [0.5, 0.6) is 0 Å². The number of nitrogens with zero attached hydrogens (tertiary/aromatic N) is 2. The van der Waals surface area contributed by atoms with Gasteiger partial charge in [-0.3, -0.25) is 0 Å². The summed E-state index contributed by atoms with van der Waals surface area (Å²) in [7, 11) is 0. The molecule has 26 heavy (non-hydrogen) atoms. The van der Waals surface area contributed by atoms with Gasteiger partial charge in [0.05, 0.1) is 5.56 Å². The van der Waals surface area contributed by atoms with Crippen LogP contribution in [-0.4, -0.2) is 37.1 Å². The van der Waals surface area contributed by atoms with Gasteiger partial charge in [0.15, 0.2) is 0 Å². The van der Waals surface area contributed by atoms with Crippen LogP contribution in [0.4, 0.5) is 29.3 Å². The molecule has 0 spiro atoms. The van der Waals surface area contributed by atoms with Gasteiger partial charge in [-0.25, -0.2) is 4.79 Å². The van der Waals surface area contributed by atoms with Gasteiger partial charge in [0, 0.05) is 37.6 Å². The number of benzene rings is 2. The first-order valence-electron chi connectivity index (χ1n) is 8.38. The van der Waals surface area contributed by atoms with Gasteiger partial charge in [-0.05, 0) is 42.8 Å². The maximum atomic E-state index is 12.8. The number of hydrogen-bond donors (Lipinski definition) is 1. The van der Waals surface area contributed by atoms with E-state index in [1.54, 1.807) is 4.90 Å². The maximum Gasteiger partial charge on any atom is 0.416 e. The number of amides is 2. The Hall–Kier alpha value is -2.70. The average molecular weight is 363 g/mol. The number of carbonyl (C=O) groups is 1. The predicted octanol–water partition coefficient (Wildman–Crippen LogP) is 4.37. The minimum Gasteiger partial charge on any atom is -0.368 e. The highest BCUT2D eigenvalue weighted by Crippen LogP contribution is 2.30. The molecule has 0 unspecified atom stereocenters. The van der Waals surface area contributed by atoms with Crippen molar-refractivity contribution >= 4 is 17.4 Å². The second kappa shape index (κ2) is 7.27. The molecule has 1 aliphatic heterocycles. The smallest absolute Gasteiger partial charge is 0.368 e. The molecule has 0 saturated carbocycles. The van der Waals surface area contributed by atoms with Crippen LogP contribution in [0.2, 0.25) is 0 Å². The van der Waals surface area contributed by atoms with Crippen LogP contribution >= 0.6 is 0 Å². The lowest BCUT2D eigenvalue weighted by molar-refractivity contribution is -0.137. The van der Waals surface area contributed by atoms with Crippen molar-refractivity contribution in [3.63, 3.8) is 0 Å². The molecule has 2 aromatic rings. The molecule has 1 aliphatic rings. The van der Waals surface area contributed by atoms with E-state index in [0.717, 1.165) is 17.8 Å². The van der Waals surface area contributed by atoms with Crippen molar-refractivity contribution in [2.45, 2.75) is 13.1 Å². The Morgan fingerprint density at radius 3 is 2.35 bits per heavy atom. The highest BCUT2D eigenvalue weighted by molar-refractivity contribution is 5.89. The summed E-state index contributed by atoms with van der Waals surface area (Å²) in [5, 5.41) is 2.56. The molecule has 2 aromatic carbocycles. The molecular formula is C19H20F3N3O. The van der Waals surface area contributed by atoms with Crippen molar-refractivity contribution < 1.29 is 18.0 Å². The topological polar surface area (TPSA) is 35.6 Å². The van der Waals surface area contributed by atoms with E-state index < -0.39 is 11.7 Å². The van der Waals surface area contributed by atoms with Gasteiger partial charge >= 0.3 is 12.2 Å². The van der Waals surface area contributed by atoms with E-state index in [1.165, 1.54) is 17.7 Å². The number of aryl methyl sites for hydroxylation is 1. The molecular weight excluding hydrogens is 343 g/mol. The molecule has 138 valence electrons. The lowest BCUT2D eigenvalue weighted by atomic mass is 10.2. The van der Waals surface area contributed by atoms with Crippen LogP contribution in [0.25, 0.3) is 0 Å². The van der Waals surface area contributed by atoms with E-state index in [0.29, 0.717) is 26.2 Å². The standard InChI is InChI=1S/C19H20F3N3O/c1-14-4-2-7-17(12-14)24-8-10-25(11-9-24)18(26)23-16-6-3-5-15(13-16)19(20,21)22/h2-7,12-13H,8-11H2,1H3,(H,23,26). The highest BCUT2D eigenvalue weighted by Gasteiger charge is 2.30. The number of carbonyl (C=O) groups excluding carboxylic acids is 1. The number of piperazine rings is 1. The second-order valence-electron chi connectivity index (χ2n) is 6.32. The van der Waals surface area contributed by atoms with E-state index in [-0.39, 0.29) is 11.7 Å². The second-order valence-corrected chi connectivity index (χ2v) is 6.32.